The second-order valence-corrected chi connectivity index (χ2v) is 7.29. The Morgan fingerprint density at radius 1 is 1.12 bits per heavy atom. The van der Waals surface area contributed by atoms with Crippen LogP contribution >= 0.6 is 27.7 Å². The van der Waals surface area contributed by atoms with Crippen molar-refractivity contribution in [3.05, 3.63) is 58.6 Å². The van der Waals surface area contributed by atoms with Gasteiger partial charge in [-0.1, -0.05) is 34.1 Å². The minimum Gasteiger partial charge on any atom is -0.342 e. The molecular formula is C18H19BrN2O2S. The predicted molar refractivity (Wildman–Crippen MR) is 102 cm³/mol. The molecule has 24 heavy (non-hydrogen) atoms. The Hall–Kier alpha value is -1.79. The highest BCUT2D eigenvalue weighted by molar-refractivity contribution is 9.10. The Morgan fingerprint density at radius 2 is 1.79 bits per heavy atom. The molecule has 2 aromatic carbocycles. The van der Waals surface area contributed by atoms with Crippen molar-refractivity contribution in [1.29, 1.82) is 0 Å². The van der Waals surface area contributed by atoms with Gasteiger partial charge in [-0.05, 0) is 35.9 Å². The average Bonchev–Trinajstić information content (AvgIpc) is 2.56. The third kappa shape index (κ3) is 5.69. The number of benzene rings is 2. The summed E-state index contributed by atoms with van der Waals surface area (Å²) < 4.78 is 1.01. The fourth-order valence-corrected chi connectivity index (χ4v) is 2.98. The number of carbonyl (C=O) groups excluding carboxylic acids is 2. The summed E-state index contributed by atoms with van der Waals surface area (Å²) in [5.41, 5.74) is 1.66. The lowest BCUT2D eigenvalue weighted by Crippen LogP contribution is -2.24. The smallest absolute Gasteiger partial charge is 0.234 e. The predicted octanol–water partition coefficient (Wildman–Crippen LogP) is 4.16. The van der Waals surface area contributed by atoms with Gasteiger partial charge in [0.1, 0.15) is 0 Å². The number of carbonyl (C=O) groups is 2. The van der Waals surface area contributed by atoms with Crippen molar-refractivity contribution in [2.24, 2.45) is 0 Å². The van der Waals surface area contributed by atoms with Crippen LogP contribution in [-0.4, -0.2) is 29.5 Å². The second-order valence-electron chi connectivity index (χ2n) is 5.32. The Morgan fingerprint density at radius 3 is 2.46 bits per heavy atom. The molecule has 0 heterocycles. The summed E-state index contributed by atoms with van der Waals surface area (Å²) in [6.45, 7) is 1.99. The van der Waals surface area contributed by atoms with E-state index in [2.05, 4.69) is 21.2 Å². The van der Waals surface area contributed by atoms with Crippen LogP contribution in [0.5, 0.6) is 0 Å². The van der Waals surface area contributed by atoms with Crippen molar-refractivity contribution in [2.75, 3.05) is 18.1 Å². The first-order valence-corrected chi connectivity index (χ1v) is 9.21. The maximum Gasteiger partial charge on any atom is 0.234 e. The SMILES string of the molecule is CC(=O)N(C)Cc1ccccc1NC(=O)CSc1ccc(Br)cc1. The van der Waals surface area contributed by atoms with Gasteiger partial charge in [0.15, 0.2) is 0 Å². The maximum absolute atomic E-state index is 12.2. The van der Waals surface area contributed by atoms with E-state index in [1.807, 2.05) is 48.5 Å². The molecular weight excluding hydrogens is 388 g/mol. The van der Waals surface area contributed by atoms with Crippen molar-refractivity contribution >= 4 is 45.2 Å². The molecule has 0 radical (unpaired) electrons. The highest BCUT2D eigenvalue weighted by Gasteiger charge is 2.10. The van der Waals surface area contributed by atoms with Crippen LogP contribution in [0.4, 0.5) is 5.69 Å². The normalized spacial score (nSPS) is 10.3. The van der Waals surface area contributed by atoms with E-state index in [9.17, 15) is 9.59 Å². The average molecular weight is 407 g/mol. The third-order valence-corrected chi connectivity index (χ3v) is 4.96. The topological polar surface area (TPSA) is 49.4 Å². The largest absolute Gasteiger partial charge is 0.342 e. The number of para-hydroxylation sites is 1. The van der Waals surface area contributed by atoms with Crippen LogP contribution in [0, 0.1) is 0 Å². The van der Waals surface area contributed by atoms with E-state index in [1.165, 1.54) is 18.7 Å². The van der Waals surface area contributed by atoms with Gasteiger partial charge in [0.05, 0.1) is 5.75 Å². The first-order chi connectivity index (χ1) is 11.5. The molecule has 1 N–H and O–H groups in total. The first kappa shape index (κ1) is 18.5. The molecule has 2 aromatic rings. The molecule has 126 valence electrons. The van der Waals surface area contributed by atoms with E-state index in [1.54, 1.807) is 11.9 Å². The summed E-state index contributed by atoms with van der Waals surface area (Å²) in [4.78, 5) is 26.3. The van der Waals surface area contributed by atoms with Gasteiger partial charge in [0.2, 0.25) is 11.8 Å². The minimum absolute atomic E-state index is 0.0121. The minimum atomic E-state index is -0.0687. The fourth-order valence-electron chi connectivity index (χ4n) is 2.01. The number of hydrogen-bond donors (Lipinski definition) is 1. The van der Waals surface area contributed by atoms with Crippen molar-refractivity contribution < 1.29 is 9.59 Å². The van der Waals surface area contributed by atoms with Crippen LogP contribution in [0.25, 0.3) is 0 Å². The number of rotatable bonds is 6. The number of amides is 2. The molecule has 2 amide bonds. The van der Waals surface area contributed by atoms with Gasteiger partial charge >= 0.3 is 0 Å². The maximum atomic E-state index is 12.2. The molecule has 0 unspecified atom stereocenters. The van der Waals surface area contributed by atoms with Crippen LogP contribution in [0.1, 0.15) is 12.5 Å². The van der Waals surface area contributed by atoms with Crippen molar-refractivity contribution in [3.63, 3.8) is 0 Å². The van der Waals surface area contributed by atoms with E-state index in [-0.39, 0.29) is 11.8 Å². The van der Waals surface area contributed by atoms with Crippen LogP contribution in [0.15, 0.2) is 57.9 Å². The van der Waals surface area contributed by atoms with Gasteiger partial charge in [0.25, 0.3) is 0 Å². The number of halogens is 1. The third-order valence-electron chi connectivity index (χ3n) is 3.42. The molecule has 0 fully saturated rings. The monoisotopic (exact) mass is 406 g/mol. The molecule has 4 nitrogen and oxygen atoms in total. The van der Waals surface area contributed by atoms with Crippen LogP contribution in [0.2, 0.25) is 0 Å². The number of anilines is 1. The Bertz CT molecular complexity index is 719. The van der Waals surface area contributed by atoms with Gasteiger partial charge in [-0.25, -0.2) is 0 Å². The number of thioether (sulfide) groups is 1. The summed E-state index contributed by atoms with van der Waals surface area (Å²) in [6, 6.07) is 15.4. The lowest BCUT2D eigenvalue weighted by Gasteiger charge is -2.17. The molecule has 0 spiro atoms. The van der Waals surface area contributed by atoms with Crippen molar-refractivity contribution in [2.45, 2.75) is 18.4 Å². The molecule has 0 aliphatic heterocycles. The van der Waals surface area contributed by atoms with E-state index in [0.29, 0.717) is 12.3 Å². The summed E-state index contributed by atoms with van der Waals surface area (Å²) in [7, 11) is 1.74. The van der Waals surface area contributed by atoms with Crippen LogP contribution in [0.3, 0.4) is 0 Å². The van der Waals surface area contributed by atoms with Crippen molar-refractivity contribution in [1.82, 2.24) is 4.90 Å². The van der Waals surface area contributed by atoms with E-state index >= 15 is 0 Å². The zero-order valence-corrected chi connectivity index (χ0v) is 16.0. The summed E-state index contributed by atoms with van der Waals surface area (Å²) in [6.07, 6.45) is 0. The summed E-state index contributed by atoms with van der Waals surface area (Å²) in [5, 5.41) is 2.93. The molecule has 0 aromatic heterocycles. The Balaban J connectivity index is 1.96. The van der Waals surface area contributed by atoms with Gasteiger partial charge < -0.3 is 10.2 Å². The standard InChI is InChI=1S/C18H19BrN2O2S/c1-13(22)21(2)11-14-5-3-4-6-17(14)20-18(23)12-24-16-9-7-15(19)8-10-16/h3-10H,11-12H2,1-2H3,(H,20,23). The Labute approximate surface area is 154 Å². The molecule has 0 saturated carbocycles. The van der Waals surface area contributed by atoms with E-state index in [0.717, 1.165) is 20.6 Å². The molecule has 2 rings (SSSR count). The zero-order valence-electron chi connectivity index (χ0n) is 13.6. The lowest BCUT2D eigenvalue weighted by atomic mass is 10.1. The summed E-state index contributed by atoms with van der Waals surface area (Å²) >= 11 is 4.87. The molecule has 0 aliphatic carbocycles. The highest BCUT2D eigenvalue weighted by Crippen LogP contribution is 2.22. The highest BCUT2D eigenvalue weighted by atomic mass is 79.9. The molecule has 0 atom stereocenters. The molecule has 6 heteroatoms. The van der Waals surface area contributed by atoms with E-state index < -0.39 is 0 Å². The van der Waals surface area contributed by atoms with Gasteiger partial charge in [-0.2, -0.15) is 0 Å². The summed E-state index contributed by atoms with van der Waals surface area (Å²) in [5.74, 6) is 0.251. The molecule has 0 bridgehead atoms. The lowest BCUT2D eigenvalue weighted by molar-refractivity contribution is -0.128. The van der Waals surface area contributed by atoms with Gasteiger partial charge in [0, 0.05) is 35.6 Å². The quantitative estimate of drug-likeness (QED) is 0.732. The van der Waals surface area contributed by atoms with Gasteiger partial charge in [-0.3, -0.25) is 9.59 Å². The first-order valence-electron chi connectivity index (χ1n) is 7.43. The zero-order chi connectivity index (χ0) is 17.5. The Kier molecular flexibility index (Phi) is 6.87. The van der Waals surface area contributed by atoms with E-state index in [4.69, 9.17) is 0 Å². The van der Waals surface area contributed by atoms with Crippen LogP contribution < -0.4 is 5.32 Å². The van der Waals surface area contributed by atoms with Crippen LogP contribution in [-0.2, 0) is 16.1 Å². The number of nitrogens with one attached hydrogen (secondary N) is 1. The van der Waals surface area contributed by atoms with Crippen molar-refractivity contribution in [3.8, 4) is 0 Å². The number of nitrogens with zero attached hydrogens (tertiary/aromatic N) is 1. The second kappa shape index (κ2) is 8.89. The van der Waals surface area contributed by atoms with Gasteiger partial charge in [-0.15, -0.1) is 11.8 Å². The molecule has 0 aliphatic rings. The fraction of sp³-hybridized carbons (Fsp3) is 0.222. The number of hydrogen-bond acceptors (Lipinski definition) is 3. The molecule has 0 saturated heterocycles.